The summed E-state index contributed by atoms with van der Waals surface area (Å²) in [4.78, 5) is 1.35. The molecule has 0 radical (unpaired) electrons. The topological polar surface area (TPSA) is 39.5 Å². The van der Waals surface area contributed by atoms with Gasteiger partial charge in [0.25, 0.3) is 0 Å². The molecule has 0 amide bonds. The molecule has 0 spiro atoms. The minimum Gasteiger partial charge on any atom is -0.871 e. The van der Waals surface area contributed by atoms with Crippen molar-refractivity contribution in [2.75, 3.05) is 20.6 Å². The number of halogens is 2. The lowest BCUT2D eigenvalue weighted by molar-refractivity contribution is -0.909. The lowest BCUT2D eigenvalue weighted by Crippen LogP contribution is -3.15. The van der Waals surface area contributed by atoms with Crippen LogP contribution in [0, 0.1) is 0 Å². The minimum atomic E-state index is -0.149. The van der Waals surface area contributed by atoms with E-state index in [4.69, 9.17) is 23.2 Å². The highest BCUT2D eigenvalue weighted by molar-refractivity contribution is 6.35. The maximum absolute atomic E-state index is 11.8. The highest BCUT2D eigenvalue weighted by Crippen LogP contribution is 2.28. The first kappa shape index (κ1) is 15.6. The van der Waals surface area contributed by atoms with Crippen LogP contribution in [0.3, 0.4) is 0 Å². The van der Waals surface area contributed by atoms with Gasteiger partial charge in [-0.05, 0) is 31.5 Å². The second-order valence-electron chi connectivity index (χ2n) is 5.36. The lowest BCUT2D eigenvalue weighted by Gasteiger charge is -2.29. The van der Waals surface area contributed by atoms with Crippen LogP contribution in [0.1, 0.15) is 19.4 Å². The van der Waals surface area contributed by atoms with Crippen LogP contribution in [0.25, 0.3) is 0 Å². The van der Waals surface area contributed by atoms with Crippen molar-refractivity contribution in [3.63, 3.8) is 0 Å². The Balaban J connectivity index is 2.65. The number of benzene rings is 1. The minimum absolute atomic E-state index is 0.103. The molecular weight excluding hydrogens is 271 g/mol. The molecule has 0 saturated heterocycles. The van der Waals surface area contributed by atoms with Crippen molar-refractivity contribution < 1.29 is 10.0 Å². The van der Waals surface area contributed by atoms with E-state index in [9.17, 15) is 5.11 Å². The maximum atomic E-state index is 11.8. The molecular formula is C13H20Cl2N2O. The predicted molar refractivity (Wildman–Crippen MR) is 74.5 cm³/mol. The van der Waals surface area contributed by atoms with Gasteiger partial charge in [0.1, 0.15) is 5.54 Å². The smallest absolute Gasteiger partial charge is 0.104 e. The van der Waals surface area contributed by atoms with E-state index >= 15 is 0 Å². The summed E-state index contributed by atoms with van der Waals surface area (Å²) in [6, 6.07) is 3.14. The molecule has 0 aliphatic rings. The average molecular weight is 291 g/mol. The van der Waals surface area contributed by atoms with Gasteiger partial charge in [-0.1, -0.05) is 29.0 Å². The standard InChI is InChI=1S/C13H20Cl2N2O/c1-13(2,17(3)4)8-16-7-9-5-10(14)6-11(15)12(9)18/h5-6,16,18H,7-8H2,1-4H3. The molecule has 5 heteroatoms. The van der Waals surface area contributed by atoms with Crippen molar-refractivity contribution in [1.29, 1.82) is 0 Å². The zero-order valence-electron chi connectivity index (χ0n) is 11.2. The van der Waals surface area contributed by atoms with Gasteiger partial charge in [-0.25, -0.2) is 0 Å². The Morgan fingerprint density at radius 1 is 1.28 bits per heavy atom. The number of nitrogens with one attached hydrogen (secondary N) is 2. The molecule has 18 heavy (non-hydrogen) atoms. The Hall–Kier alpha value is -0.480. The van der Waals surface area contributed by atoms with E-state index in [1.807, 2.05) is 0 Å². The summed E-state index contributed by atoms with van der Waals surface area (Å²) in [5, 5.41) is 15.7. The molecule has 102 valence electrons. The molecule has 0 unspecified atom stereocenters. The van der Waals surface area contributed by atoms with E-state index in [1.165, 1.54) is 11.0 Å². The second kappa shape index (κ2) is 6.11. The van der Waals surface area contributed by atoms with Gasteiger partial charge < -0.3 is 15.3 Å². The van der Waals surface area contributed by atoms with Crippen LogP contribution in [0.5, 0.6) is 5.75 Å². The fourth-order valence-corrected chi connectivity index (χ4v) is 1.97. The highest BCUT2D eigenvalue weighted by Gasteiger charge is 2.23. The molecule has 1 aromatic carbocycles. The van der Waals surface area contributed by atoms with Crippen molar-refractivity contribution in [2.24, 2.45) is 0 Å². The first-order valence-corrected chi connectivity index (χ1v) is 6.66. The molecule has 0 fully saturated rings. The summed E-state index contributed by atoms with van der Waals surface area (Å²) in [5.41, 5.74) is 0.711. The van der Waals surface area contributed by atoms with Crippen molar-refractivity contribution in [3.05, 3.63) is 27.7 Å². The Morgan fingerprint density at radius 2 is 1.89 bits per heavy atom. The zero-order valence-corrected chi connectivity index (χ0v) is 12.7. The van der Waals surface area contributed by atoms with Gasteiger partial charge in [0, 0.05) is 16.6 Å². The third kappa shape index (κ3) is 4.02. The molecule has 0 bridgehead atoms. The van der Waals surface area contributed by atoms with Gasteiger partial charge in [-0.3, -0.25) is 0 Å². The third-order valence-corrected chi connectivity index (χ3v) is 3.82. The first-order valence-electron chi connectivity index (χ1n) is 5.90. The van der Waals surface area contributed by atoms with E-state index in [2.05, 4.69) is 33.3 Å². The van der Waals surface area contributed by atoms with Crippen LogP contribution in [0.15, 0.2) is 12.1 Å². The zero-order chi connectivity index (χ0) is 13.9. The summed E-state index contributed by atoms with van der Waals surface area (Å²) in [6.07, 6.45) is 0. The molecule has 3 nitrogen and oxygen atoms in total. The highest BCUT2D eigenvalue weighted by atomic mass is 35.5. The van der Waals surface area contributed by atoms with E-state index in [-0.39, 0.29) is 16.3 Å². The molecule has 0 atom stereocenters. The maximum Gasteiger partial charge on any atom is 0.104 e. The second-order valence-corrected chi connectivity index (χ2v) is 6.21. The number of hydrogen-bond acceptors (Lipinski definition) is 2. The molecule has 0 saturated carbocycles. The molecule has 0 aliphatic carbocycles. The molecule has 0 heterocycles. The molecule has 0 aromatic heterocycles. The average Bonchev–Trinajstić information content (AvgIpc) is 2.24. The number of likely N-dealkylation sites (N-methyl/N-ethyl adjacent to an activating group) is 1. The van der Waals surface area contributed by atoms with Crippen molar-refractivity contribution in [3.8, 4) is 5.75 Å². The van der Waals surface area contributed by atoms with Gasteiger partial charge in [0.2, 0.25) is 0 Å². The monoisotopic (exact) mass is 290 g/mol. The van der Waals surface area contributed by atoms with Gasteiger partial charge in [0.05, 0.1) is 20.6 Å². The summed E-state index contributed by atoms with van der Waals surface area (Å²) in [6.45, 7) is 5.62. The lowest BCUT2D eigenvalue weighted by atomic mass is 10.0. The Bertz CT molecular complexity index is 420. The fourth-order valence-electron chi connectivity index (χ4n) is 1.43. The van der Waals surface area contributed by atoms with Crippen LogP contribution in [-0.2, 0) is 6.54 Å². The predicted octanol–water partition coefficient (Wildman–Crippen LogP) is 1.08. The Labute approximate surface area is 119 Å². The van der Waals surface area contributed by atoms with Gasteiger partial charge in [-0.2, -0.15) is 0 Å². The Kier molecular flexibility index (Phi) is 5.29. The van der Waals surface area contributed by atoms with Crippen molar-refractivity contribution in [2.45, 2.75) is 25.9 Å². The normalized spacial score (nSPS) is 12.2. The number of quaternary nitrogens is 1. The summed E-state index contributed by atoms with van der Waals surface area (Å²) >= 11 is 11.7. The fraction of sp³-hybridized carbons (Fsp3) is 0.538. The van der Waals surface area contributed by atoms with E-state index in [1.54, 1.807) is 6.07 Å². The summed E-state index contributed by atoms with van der Waals surface area (Å²) in [7, 11) is 4.22. The summed E-state index contributed by atoms with van der Waals surface area (Å²) in [5.74, 6) is -0.149. The SMILES string of the molecule is C[NH+](C)C(C)(C)CNCc1cc(Cl)cc(Cl)c1[O-]. The molecule has 1 rings (SSSR count). The van der Waals surface area contributed by atoms with Crippen LogP contribution in [0.2, 0.25) is 10.0 Å². The Morgan fingerprint density at radius 3 is 2.44 bits per heavy atom. The van der Waals surface area contributed by atoms with Crippen LogP contribution < -0.4 is 15.3 Å². The van der Waals surface area contributed by atoms with E-state index < -0.39 is 0 Å². The third-order valence-electron chi connectivity index (χ3n) is 3.32. The van der Waals surface area contributed by atoms with E-state index in [0.717, 1.165) is 6.54 Å². The van der Waals surface area contributed by atoms with Crippen molar-refractivity contribution in [1.82, 2.24) is 5.32 Å². The molecule has 1 aromatic rings. The number of hydrogen-bond donors (Lipinski definition) is 2. The van der Waals surface area contributed by atoms with E-state index in [0.29, 0.717) is 17.1 Å². The van der Waals surface area contributed by atoms with Gasteiger partial charge in [0.15, 0.2) is 0 Å². The van der Waals surface area contributed by atoms with Crippen LogP contribution in [-0.4, -0.2) is 26.2 Å². The first-order chi connectivity index (χ1) is 8.24. The van der Waals surface area contributed by atoms with Crippen LogP contribution in [0.4, 0.5) is 0 Å². The largest absolute Gasteiger partial charge is 0.871 e. The van der Waals surface area contributed by atoms with Crippen molar-refractivity contribution >= 4 is 23.2 Å². The quantitative estimate of drug-likeness (QED) is 0.852. The number of rotatable bonds is 5. The van der Waals surface area contributed by atoms with Gasteiger partial charge in [-0.15, -0.1) is 0 Å². The van der Waals surface area contributed by atoms with Crippen LogP contribution >= 0.6 is 23.2 Å². The molecule has 0 aliphatic heterocycles. The summed E-state index contributed by atoms with van der Waals surface area (Å²) < 4.78 is 0. The molecule has 2 N–H and O–H groups in total. The van der Waals surface area contributed by atoms with Gasteiger partial charge >= 0.3 is 0 Å².